The van der Waals surface area contributed by atoms with Crippen molar-refractivity contribution < 1.29 is 18.0 Å². The summed E-state index contributed by atoms with van der Waals surface area (Å²) < 4.78 is 41.3. The van der Waals surface area contributed by atoms with Crippen LogP contribution in [0.25, 0.3) is 21.5 Å². The summed E-state index contributed by atoms with van der Waals surface area (Å²) in [6.07, 6.45) is 1.45. The molecule has 0 aromatic carbocycles. The minimum atomic E-state index is -4.67. The van der Waals surface area contributed by atoms with Crippen molar-refractivity contribution in [2.24, 2.45) is 0 Å². The molecule has 0 aliphatic rings. The molecule has 0 saturated heterocycles. The van der Waals surface area contributed by atoms with E-state index in [9.17, 15) is 18.0 Å². The number of rotatable bonds is 4. The van der Waals surface area contributed by atoms with Gasteiger partial charge in [0.25, 0.3) is 5.91 Å². The summed E-state index contributed by atoms with van der Waals surface area (Å²) in [7, 11) is 0. The van der Waals surface area contributed by atoms with Crippen molar-refractivity contribution in [2.45, 2.75) is 12.7 Å². The summed E-state index contributed by atoms with van der Waals surface area (Å²) in [5.74, 6) is -0.574. The number of carbonyl (C=O) groups is 1. The fourth-order valence-corrected chi connectivity index (χ4v) is 3.98. The molecule has 0 atom stereocenters. The van der Waals surface area contributed by atoms with Gasteiger partial charge in [-0.2, -0.15) is 13.2 Å². The van der Waals surface area contributed by atoms with Crippen LogP contribution in [0.4, 0.5) is 18.9 Å². The number of halogens is 3. The third-order valence-electron chi connectivity index (χ3n) is 4.34. The first-order chi connectivity index (χ1) is 14.3. The van der Waals surface area contributed by atoms with Gasteiger partial charge >= 0.3 is 6.18 Å². The van der Waals surface area contributed by atoms with Crippen LogP contribution in [0.5, 0.6) is 0 Å². The highest BCUT2D eigenvalue weighted by Crippen LogP contribution is 2.43. The predicted molar refractivity (Wildman–Crippen MR) is 108 cm³/mol. The van der Waals surface area contributed by atoms with Crippen molar-refractivity contribution in [1.29, 1.82) is 0 Å². The lowest BCUT2D eigenvalue weighted by atomic mass is 10.1. The predicted octanol–water partition coefficient (Wildman–Crippen LogP) is 4.28. The normalized spacial score (nSPS) is 11.6. The zero-order chi connectivity index (χ0) is 21.3. The molecule has 0 saturated carbocycles. The van der Waals surface area contributed by atoms with E-state index in [4.69, 9.17) is 5.73 Å². The van der Waals surface area contributed by atoms with E-state index in [0.29, 0.717) is 5.56 Å². The molecule has 0 aliphatic heterocycles. The fraction of sp³-hybridized carbons (Fsp3) is 0.100. The lowest BCUT2D eigenvalue weighted by Gasteiger charge is -2.11. The number of thiophene rings is 1. The number of nitrogens with two attached hydrogens (primary N) is 1. The average Bonchev–Trinajstić information content (AvgIpc) is 3.08. The van der Waals surface area contributed by atoms with Gasteiger partial charge in [0.05, 0.1) is 16.9 Å². The van der Waals surface area contributed by atoms with Gasteiger partial charge in [0.1, 0.15) is 9.71 Å². The molecule has 0 fully saturated rings. The van der Waals surface area contributed by atoms with Gasteiger partial charge in [-0.05, 0) is 29.8 Å². The Morgan fingerprint density at radius 1 is 1.13 bits per heavy atom. The number of carbonyl (C=O) groups excluding carboxylic acids is 1. The molecule has 1 amide bonds. The van der Waals surface area contributed by atoms with E-state index in [0.717, 1.165) is 23.0 Å². The van der Waals surface area contributed by atoms with E-state index < -0.39 is 17.6 Å². The third kappa shape index (κ3) is 3.81. The van der Waals surface area contributed by atoms with Crippen LogP contribution in [-0.4, -0.2) is 20.9 Å². The molecule has 0 aliphatic carbocycles. The zero-order valence-electron chi connectivity index (χ0n) is 15.3. The van der Waals surface area contributed by atoms with E-state index in [2.05, 4.69) is 20.3 Å². The Hall–Kier alpha value is -3.53. The smallest absolute Gasteiger partial charge is 0.397 e. The van der Waals surface area contributed by atoms with Crippen LogP contribution >= 0.6 is 11.3 Å². The van der Waals surface area contributed by atoms with Crippen LogP contribution in [-0.2, 0) is 12.7 Å². The molecule has 0 radical (unpaired) electrons. The Labute approximate surface area is 172 Å². The zero-order valence-corrected chi connectivity index (χ0v) is 16.1. The van der Waals surface area contributed by atoms with Gasteiger partial charge in [-0.15, -0.1) is 11.3 Å². The summed E-state index contributed by atoms with van der Waals surface area (Å²) >= 11 is 0.822. The largest absolute Gasteiger partial charge is 0.417 e. The van der Waals surface area contributed by atoms with E-state index in [1.165, 1.54) is 12.4 Å². The summed E-state index contributed by atoms with van der Waals surface area (Å²) in [4.78, 5) is 24.8. The van der Waals surface area contributed by atoms with Gasteiger partial charge in [0.15, 0.2) is 0 Å². The van der Waals surface area contributed by atoms with Crippen LogP contribution in [0.15, 0.2) is 55.1 Å². The Bertz CT molecular complexity index is 1210. The Morgan fingerprint density at radius 3 is 2.50 bits per heavy atom. The average molecular weight is 429 g/mol. The SMILES string of the molecule is Nc1c(C(=O)NCc2cccnc2)sc2nc(-c3cccnc3)cc(C(F)(F)F)c12. The van der Waals surface area contributed by atoms with Gasteiger partial charge < -0.3 is 11.1 Å². The van der Waals surface area contributed by atoms with Gasteiger partial charge in [-0.25, -0.2) is 4.98 Å². The fourth-order valence-electron chi connectivity index (χ4n) is 2.94. The van der Waals surface area contributed by atoms with Gasteiger partial charge in [0, 0.05) is 42.3 Å². The molecule has 30 heavy (non-hydrogen) atoms. The highest BCUT2D eigenvalue weighted by Gasteiger charge is 2.36. The highest BCUT2D eigenvalue weighted by molar-refractivity contribution is 7.21. The quantitative estimate of drug-likeness (QED) is 0.505. The lowest BCUT2D eigenvalue weighted by molar-refractivity contribution is -0.136. The van der Waals surface area contributed by atoms with E-state index >= 15 is 0 Å². The second-order valence-electron chi connectivity index (χ2n) is 6.36. The number of hydrogen-bond donors (Lipinski definition) is 2. The van der Waals surface area contributed by atoms with Gasteiger partial charge in [-0.1, -0.05) is 6.07 Å². The number of aromatic nitrogens is 3. The molecule has 0 spiro atoms. The van der Waals surface area contributed by atoms with Crippen LogP contribution in [0.1, 0.15) is 20.8 Å². The minimum Gasteiger partial charge on any atom is -0.397 e. The molecular weight excluding hydrogens is 415 g/mol. The van der Waals surface area contributed by atoms with Crippen LogP contribution in [0, 0.1) is 0 Å². The second-order valence-corrected chi connectivity index (χ2v) is 7.36. The maximum absolute atomic E-state index is 13.8. The van der Waals surface area contributed by atoms with Gasteiger partial charge in [-0.3, -0.25) is 14.8 Å². The molecule has 4 rings (SSSR count). The number of nitrogens with zero attached hydrogens (tertiary/aromatic N) is 3. The second kappa shape index (κ2) is 7.71. The molecule has 10 heteroatoms. The number of nitrogens with one attached hydrogen (secondary N) is 1. The first-order valence-corrected chi connectivity index (χ1v) is 9.54. The summed E-state index contributed by atoms with van der Waals surface area (Å²) in [5.41, 5.74) is 6.08. The number of anilines is 1. The number of amides is 1. The van der Waals surface area contributed by atoms with E-state index in [-0.39, 0.29) is 33.0 Å². The first kappa shape index (κ1) is 19.8. The summed E-state index contributed by atoms with van der Waals surface area (Å²) in [6, 6.07) is 7.63. The minimum absolute atomic E-state index is 0.0183. The molecule has 4 aromatic rings. The highest BCUT2D eigenvalue weighted by atomic mass is 32.1. The summed E-state index contributed by atoms with van der Waals surface area (Å²) in [5, 5.41) is 2.38. The van der Waals surface area contributed by atoms with Crippen molar-refractivity contribution in [3.63, 3.8) is 0 Å². The monoisotopic (exact) mass is 429 g/mol. The molecule has 0 unspecified atom stereocenters. The number of pyridine rings is 3. The number of hydrogen-bond acceptors (Lipinski definition) is 6. The Morgan fingerprint density at radius 2 is 1.87 bits per heavy atom. The van der Waals surface area contributed by atoms with Crippen LogP contribution in [0.2, 0.25) is 0 Å². The maximum atomic E-state index is 13.8. The Kier molecular flexibility index (Phi) is 5.08. The van der Waals surface area contributed by atoms with Crippen molar-refractivity contribution in [3.05, 3.63) is 71.1 Å². The van der Waals surface area contributed by atoms with E-state index in [1.807, 2.05) is 0 Å². The van der Waals surface area contributed by atoms with Crippen molar-refractivity contribution >= 4 is 33.1 Å². The molecule has 6 nitrogen and oxygen atoms in total. The van der Waals surface area contributed by atoms with E-state index in [1.54, 1.807) is 36.7 Å². The number of alkyl halides is 3. The van der Waals surface area contributed by atoms with Crippen molar-refractivity contribution in [1.82, 2.24) is 20.3 Å². The van der Waals surface area contributed by atoms with Gasteiger partial charge in [0.2, 0.25) is 0 Å². The maximum Gasteiger partial charge on any atom is 0.417 e. The topological polar surface area (TPSA) is 93.8 Å². The number of nitrogen functional groups attached to an aromatic ring is 1. The number of fused-ring (bicyclic) bond motifs is 1. The van der Waals surface area contributed by atoms with Crippen LogP contribution in [0.3, 0.4) is 0 Å². The molecule has 152 valence electrons. The van der Waals surface area contributed by atoms with Crippen molar-refractivity contribution in [3.8, 4) is 11.3 Å². The first-order valence-electron chi connectivity index (χ1n) is 8.72. The summed E-state index contributed by atoms with van der Waals surface area (Å²) in [6.45, 7) is 0.168. The Balaban J connectivity index is 1.77. The molecule has 3 N–H and O–H groups in total. The molecular formula is C20H14F3N5OS. The van der Waals surface area contributed by atoms with Crippen molar-refractivity contribution in [2.75, 3.05) is 5.73 Å². The standard InChI is InChI=1S/C20H14F3N5OS/c21-20(22,23)13-7-14(12-4-2-6-26-10-12)28-19-15(13)16(24)17(30-19)18(29)27-9-11-3-1-5-25-8-11/h1-8,10H,9,24H2,(H,27,29). The third-order valence-corrected chi connectivity index (χ3v) is 5.44. The lowest BCUT2D eigenvalue weighted by Crippen LogP contribution is -2.22. The molecule has 0 bridgehead atoms. The molecule has 4 heterocycles. The molecule has 4 aromatic heterocycles. The van der Waals surface area contributed by atoms with Crippen LogP contribution < -0.4 is 11.1 Å².